The number of hydrogen-bond donors (Lipinski definition) is 0. The third-order valence-corrected chi connectivity index (χ3v) is 2.20. The lowest BCUT2D eigenvalue weighted by Gasteiger charge is -2.02. The predicted octanol–water partition coefficient (Wildman–Crippen LogP) is 1.31. The topological polar surface area (TPSA) is 58.7 Å². The molecule has 4 heteroatoms. The Labute approximate surface area is 86.4 Å². The van der Waals surface area contributed by atoms with E-state index in [1.165, 1.54) is 10.9 Å². The van der Waals surface area contributed by atoms with Crippen LogP contribution in [-0.2, 0) is 6.54 Å². The van der Waals surface area contributed by atoms with Crippen LogP contribution in [0.3, 0.4) is 0 Å². The Morgan fingerprint density at radius 2 is 2.20 bits per heavy atom. The highest BCUT2D eigenvalue weighted by atomic mass is 16.1. The van der Waals surface area contributed by atoms with Gasteiger partial charge in [0.2, 0.25) is 0 Å². The molecular weight excluding hydrogens is 190 g/mol. The van der Waals surface area contributed by atoms with Gasteiger partial charge in [-0.1, -0.05) is 12.1 Å². The van der Waals surface area contributed by atoms with E-state index in [0.717, 1.165) is 0 Å². The summed E-state index contributed by atoms with van der Waals surface area (Å²) in [7, 11) is 0. The molecule has 0 saturated carbocycles. The van der Waals surface area contributed by atoms with Crippen molar-refractivity contribution in [2.45, 2.75) is 13.0 Å². The van der Waals surface area contributed by atoms with Crippen molar-refractivity contribution in [3.63, 3.8) is 0 Å². The lowest BCUT2D eigenvalue weighted by Crippen LogP contribution is -2.20. The highest BCUT2D eigenvalue weighted by molar-refractivity contribution is 5.76. The first-order valence-corrected chi connectivity index (χ1v) is 4.64. The van der Waals surface area contributed by atoms with Crippen molar-refractivity contribution in [2.24, 2.45) is 0 Å². The average molecular weight is 199 g/mol. The molecule has 0 radical (unpaired) electrons. The lowest BCUT2D eigenvalue weighted by molar-refractivity contribution is 0.678. The summed E-state index contributed by atoms with van der Waals surface area (Å²) in [6.07, 6.45) is 1.81. The number of nitrogens with zero attached hydrogens (tertiary/aromatic N) is 3. The van der Waals surface area contributed by atoms with Crippen LogP contribution in [0.5, 0.6) is 0 Å². The van der Waals surface area contributed by atoms with Crippen LogP contribution in [0.1, 0.15) is 6.42 Å². The molecule has 0 fully saturated rings. The van der Waals surface area contributed by atoms with Crippen LogP contribution in [0.2, 0.25) is 0 Å². The Morgan fingerprint density at radius 1 is 1.40 bits per heavy atom. The van der Waals surface area contributed by atoms with E-state index in [-0.39, 0.29) is 5.56 Å². The summed E-state index contributed by atoms with van der Waals surface area (Å²) < 4.78 is 1.46. The molecule has 0 amide bonds. The molecule has 0 aliphatic carbocycles. The summed E-state index contributed by atoms with van der Waals surface area (Å²) in [5, 5.41) is 9.04. The number of aryl methyl sites for hydroxylation is 1. The van der Waals surface area contributed by atoms with Gasteiger partial charge in [-0.05, 0) is 12.1 Å². The quantitative estimate of drug-likeness (QED) is 0.732. The van der Waals surface area contributed by atoms with Gasteiger partial charge in [-0.15, -0.1) is 0 Å². The van der Waals surface area contributed by atoms with Crippen molar-refractivity contribution in [1.82, 2.24) is 9.55 Å². The molecule has 0 bridgehead atoms. The van der Waals surface area contributed by atoms with Crippen molar-refractivity contribution in [2.75, 3.05) is 0 Å². The number of para-hydroxylation sites is 1. The van der Waals surface area contributed by atoms with Crippen LogP contribution in [0.25, 0.3) is 10.9 Å². The minimum atomic E-state index is -0.0872. The molecule has 1 heterocycles. The molecule has 0 saturated heterocycles. The number of benzene rings is 1. The summed E-state index contributed by atoms with van der Waals surface area (Å²) in [5.41, 5.74) is 0.603. The number of aromatic nitrogens is 2. The summed E-state index contributed by atoms with van der Waals surface area (Å²) in [6, 6.07) is 9.19. The Morgan fingerprint density at radius 3 is 3.00 bits per heavy atom. The molecule has 2 rings (SSSR count). The van der Waals surface area contributed by atoms with Gasteiger partial charge < -0.3 is 0 Å². The van der Waals surface area contributed by atoms with E-state index in [9.17, 15) is 4.79 Å². The smallest absolute Gasteiger partial charge is 0.261 e. The Kier molecular flexibility index (Phi) is 2.46. The zero-order valence-corrected chi connectivity index (χ0v) is 8.05. The first-order chi connectivity index (χ1) is 7.33. The molecular formula is C11H9N3O. The highest BCUT2D eigenvalue weighted by Crippen LogP contribution is 2.04. The Hall–Kier alpha value is -2.15. The third-order valence-electron chi connectivity index (χ3n) is 2.20. The van der Waals surface area contributed by atoms with Crippen molar-refractivity contribution >= 4 is 10.9 Å². The van der Waals surface area contributed by atoms with Crippen LogP contribution in [-0.4, -0.2) is 9.55 Å². The van der Waals surface area contributed by atoms with Gasteiger partial charge in [0.25, 0.3) is 5.56 Å². The van der Waals surface area contributed by atoms with E-state index < -0.39 is 0 Å². The van der Waals surface area contributed by atoms with E-state index in [1.54, 1.807) is 18.2 Å². The highest BCUT2D eigenvalue weighted by Gasteiger charge is 2.01. The van der Waals surface area contributed by atoms with Crippen molar-refractivity contribution < 1.29 is 0 Å². The van der Waals surface area contributed by atoms with E-state index >= 15 is 0 Å². The fourth-order valence-corrected chi connectivity index (χ4v) is 1.44. The van der Waals surface area contributed by atoms with E-state index in [0.29, 0.717) is 23.9 Å². The lowest BCUT2D eigenvalue weighted by atomic mass is 10.2. The largest absolute Gasteiger partial charge is 0.298 e. The standard InChI is InChI=1S/C11H9N3O/c12-6-3-7-14-8-13-10-5-2-1-4-9(10)11(14)15/h1-2,4-5,8H,3,7H2. The van der Waals surface area contributed by atoms with E-state index in [2.05, 4.69) is 4.98 Å². The van der Waals surface area contributed by atoms with Gasteiger partial charge in [-0.3, -0.25) is 9.36 Å². The van der Waals surface area contributed by atoms with Crippen LogP contribution in [0.4, 0.5) is 0 Å². The maximum atomic E-state index is 11.8. The van der Waals surface area contributed by atoms with Gasteiger partial charge >= 0.3 is 0 Å². The summed E-state index contributed by atoms with van der Waals surface area (Å²) in [6.45, 7) is 0.396. The van der Waals surface area contributed by atoms with E-state index in [1.807, 2.05) is 12.1 Å². The van der Waals surface area contributed by atoms with Gasteiger partial charge in [0, 0.05) is 6.54 Å². The third kappa shape index (κ3) is 1.72. The first kappa shape index (κ1) is 9.41. The molecule has 1 aromatic heterocycles. The number of hydrogen-bond acceptors (Lipinski definition) is 3. The van der Waals surface area contributed by atoms with E-state index in [4.69, 9.17) is 5.26 Å². The van der Waals surface area contributed by atoms with Crippen LogP contribution < -0.4 is 5.56 Å². The maximum absolute atomic E-state index is 11.8. The van der Waals surface area contributed by atoms with Crippen LogP contribution in [0.15, 0.2) is 35.4 Å². The van der Waals surface area contributed by atoms with Crippen molar-refractivity contribution in [1.29, 1.82) is 5.26 Å². The van der Waals surface area contributed by atoms with Crippen LogP contribution in [0, 0.1) is 11.3 Å². The molecule has 0 unspecified atom stereocenters. The van der Waals surface area contributed by atoms with Gasteiger partial charge in [-0.25, -0.2) is 4.98 Å². The molecule has 0 aliphatic heterocycles. The van der Waals surface area contributed by atoms with Crippen molar-refractivity contribution in [3.8, 4) is 6.07 Å². The molecule has 74 valence electrons. The van der Waals surface area contributed by atoms with Gasteiger partial charge in [0.15, 0.2) is 0 Å². The van der Waals surface area contributed by atoms with Crippen molar-refractivity contribution in [3.05, 3.63) is 40.9 Å². The SMILES string of the molecule is N#CCCn1cnc2ccccc2c1=O. The first-order valence-electron chi connectivity index (χ1n) is 4.64. The average Bonchev–Trinajstić information content (AvgIpc) is 2.29. The summed E-state index contributed by atoms with van der Waals surface area (Å²) in [4.78, 5) is 16.0. The molecule has 1 aromatic carbocycles. The zero-order valence-electron chi connectivity index (χ0n) is 8.05. The molecule has 4 nitrogen and oxygen atoms in total. The molecule has 0 spiro atoms. The molecule has 0 atom stereocenters. The normalized spacial score (nSPS) is 10.1. The number of fused-ring (bicyclic) bond motifs is 1. The fraction of sp³-hybridized carbons (Fsp3) is 0.182. The second-order valence-electron chi connectivity index (χ2n) is 3.17. The molecule has 15 heavy (non-hydrogen) atoms. The minimum Gasteiger partial charge on any atom is -0.298 e. The van der Waals surface area contributed by atoms with Gasteiger partial charge in [-0.2, -0.15) is 5.26 Å². The number of nitriles is 1. The molecule has 0 N–H and O–H groups in total. The zero-order chi connectivity index (χ0) is 10.7. The Bertz CT molecular complexity index is 580. The maximum Gasteiger partial charge on any atom is 0.261 e. The fourth-order valence-electron chi connectivity index (χ4n) is 1.44. The summed E-state index contributed by atoms with van der Waals surface area (Å²) in [5.74, 6) is 0. The predicted molar refractivity (Wildman–Crippen MR) is 56.2 cm³/mol. The minimum absolute atomic E-state index is 0.0872. The molecule has 2 aromatic rings. The monoisotopic (exact) mass is 199 g/mol. The summed E-state index contributed by atoms with van der Waals surface area (Å²) >= 11 is 0. The second kappa shape index (κ2) is 3.93. The Balaban J connectivity index is 2.57. The molecule has 0 aliphatic rings. The number of rotatable bonds is 2. The second-order valence-corrected chi connectivity index (χ2v) is 3.17. The van der Waals surface area contributed by atoms with Crippen LogP contribution >= 0.6 is 0 Å². The van der Waals surface area contributed by atoms with Gasteiger partial charge in [0.1, 0.15) is 0 Å². The van der Waals surface area contributed by atoms with Gasteiger partial charge in [0.05, 0.1) is 29.7 Å².